The van der Waals surface area contributed by atoms with Gasteiger partial charge in [0.25, 0.3) is 0 Å². The molecule has 0 spiro atoms. The quantitative estimate of drug-likeness (QED) is 0.820. The predicted octanol–water partition coefficient (Wildman–Crippen LogP) is 0.571. The lowest BCUT2D eigenvalue weighted by Crippen LogP contribution is -2.54. The largest absolute Gasteiger partial charge is 0.394 e. The minimum absolute atomic E-state index is 0.0215. The second-order valence-corrected chi connectivity index (χ2v) is 5.77. The van der Waals surface area contributed by atoms with Crippen LogP contribution in [0.4, 0.5) is 11.6 Å². The number of aromatic nitrogens is 2. The van der Waals surface area contributed by atoms with Crippen LogP contribution in [0.25, 0.3) is 0 Å². The number of aliphatic hydroxyl groups is 1. The van der Waals surface area contributed by atoms with Crippen molar-refractivity contribution in [1.82, 2.24) is 9.97 Å². The highest BCUT2D eigenvalue weighted by molar-refractivity contribution is 5.47. The standard InChI is InChI=1S/C14H24N4O3/c1-4-20-8-12-16-11(15)5-13(17-12)18-6-10(7-19)21-14(2,3)9-18/h5,10,19H,4,6-9H2,1-3H3,(H2,15,16,17). The van der Waals surface area contributed by atoms with Crippen molar-refractivity contribution in [3.05, 3.63) is 11.9 Å². The molecule has 1 saturated heterocycles. The topological polar surface area (TPSA) is 93.7 Å². The molecule has 118 valence electrons. The van der Waals surface area contributed by atoms with E-state index in [-0.39, 0.29) is 18.3 Å². The summed E-state index contributed by atoms with van der Waals surface area (Å²) in [4.78, 5) is 10.7. The average Bonchev–Trinajstić information content (AvgIpc) is 2.42. The van der Waals surface area contributed by atoms with E-state index in [1.54, 1.807) is 6.07 Å². The van der Waals surface area contributed by atoms with Crippen LogP contribution in [-0.2, 0) is 16.1 Å². The summed E-state index contributed by atoms with van der Waals surface area (Å²) in [6.45, 7) is 8.08. The van der Waals surface area contributed by atoms with Gasteiger partial charge in [0, 0.05) is 25.8 Å². The fourth-order valence-electron chi connectivity index (χ4n) is 2.49. The third-order valence-electron chi connectivity index (χ3n) is 3.22. The van der Waals surface area contributed by atoms with Gasteiger partial charge >= 0.3 is 0 Å². The summed E-state index contributed by atoms with van der Waals surface area (Å²) in [5.74, 6) is 1.73. The Kier molecular flexibility index (Phi) is 4.97. The first-order valence-corrected chi connectivity index (χ1v) is 7.18. The first kappa shape index (κ1) is 15.9. The van der Waals surface area contributed by atoms with Gasteiger partial charge in [-0.25, -0.2) is 9.97 Å². The Labute approximate surface area is 125 Å². The number of hydrogen-bond acceptors (Lipinski definition) is 7. The minimum Gasteiger partial charge on any atom is -0.394 e. The van der Waals surface area contributed by atoms with Crippen LogP contribution < -0.4 is 10.6 Å². The molecule has 2 rings (SSSR count). The molecule has 0 bridgehead atoms. The number of nitrogen functional groups attached to an aromatic ring is 1. The van der Waals surface area contributed by atoms with E-state index < -0.39 is 0 Å². The van der Waals surface area contributed by atoms with E-state index in [2.05, 4.69) is 14.9 Å². The molecule has 1 aliphatic heterocycles. The van der Waals surface area contributed by atoms with Gasteiger partial charge in [-0.15, -0.1) is 0 Å². The van der Waals surface area contributed by atoms with Crippen molar-refractivity contribution < 1.29 is 14.6 Å². The molecule has 2 heterocycles. The summed E-state index contributed by atoms with van der Waals surface area (Å²) >= 11 is 0. The van der Waals surface area contributed by atoms with Crippen molar-refractivity contribution in [3.8, 4) is 0 Å². The Hall–Kier alpha value is -1.44. The summed E-state index contributed by atoms with van der Waals surface area (Å²) in [6.07, 6.45) is -0.236. The molecule has 7 nitrogen and oxygen atoms in total. The number of nitrogens with zero attached hydrogens (tertiary/aromatic N) is 3. The zero-order valence-corrected chi connectivity index (χ0v) is 12.9. The number of anilines is 2. The monoisotopic (exact) mass is 296 g/mol. The molecule has 0 amide bonds. The summed E-state index contributed by atoms with van der Waals surface area (Å²) in [5, 5.41) is 9.38. The summed E-state index contributed by atoms with van der Waals surface area (Å²) < 4.78 is 11.1. The van der Waals surface area contributed by atoms with Crippen molar-refractivity contribution in [1.29, 1.82) is 0 Å². The Bertz CT molecular complexity index is 481. The van der Waals surface area contributed by atoms with Crippen LogP contribution in [0.3, 0.4) is 0 Å². The maximum Gasteiger partial charge on any atom is 0.158 e. The highest BCUT2D eigenvalue weighted by Crippen LogP contribution is 2.25. The van der Waals surface area contributed by atoms with E-state index >= 15 is 0 Å². The van der Waals surface area contributed by atoms with Gasteiger partial charge in [-0.05, 0) is 20.8 Å². The van der Waals surface area contributed by atoms with E-state index in [9.17, 15) is 5.11 Å². The van der Waals surface area contributed by atoms with Crippen LogP contribution in [0.15, 0.2) is 6.07 Å². The first-order chi connectivity index (χ1) is 9.93. The Balaban J connectivity index is 2.21. The molecule has 1 aromatic heterocycles. The van der Waals surface area contributed by atoms with Crippen molar-refractivity contribution in [3.63, 3.8) is 0 Å². The Morgan fingerprint density at radius 2 is 2.29 bits per heavy atom. The lowest BCUT2D eigenvalue weighted by atomic mass is 10.1. The highest BCUT2D eigenvalue weighted by Gasteiger charge is 2.33. The second-order valence-electron chi connectivity index (χ2n) is 5.77. The fourth-order valence-corrected chi connectivity index (χ4v) is 2.49. The van der Waals surface area contributed by atoms with Gasteiger partial charge in [0.2, 0.25) is 0 Å². The zero-order chi connectivity index (χ0) is 15.5. The van der Waals surface area contributed by atoms with Gasteiger partial charge in [-0.3, -0.25) is 0 Å². The van der Waals surface area contributed by atoms with E-state index in [1.807, 2.05) is 20.8 Å². The van der Waals surface area contributed by atoms with E-state index in [0.29, 0.717) is 37.9 Å². The van der Waals surface area contributed by atoms with Gasteiger partial charge in [0.1, 0.15) is 18.2 Å². The Morgan fingerprint density at radius 1 is 1.52 bits per heavy atom. The number of ether oxygens (including phenoxy) is 2. The molecule has 0 radical (unpaired) electrons. The maximum absolute atomic E-state index is 9.38. The predicted molar refractivity (Wildman–Crippen MR) is 80.0 cm³/mol. The number of morpholine rings is 1. The van der Waals surface area contributed by atoms with Crippen molar-refractivity contribution >= 4 is 11.6 Å². The van der Waals surface area contributed by atoms with E-state index in [1.165, 1.54) is 0 Å². The molecule has 1 unspecified atom stereocenters. The second kappa shape index (κ2) is 6.55. The van der Waals surface area contributed by atoms with E-state index in [0.717, 1.165) is 5.82 Å². The zero-order valence-electron chi connectivity index (χ0n) is 12.9. The molecule has 0 aliphatic carbocycles. The van der Waals surface area contributed by atoms with Crippen LogP contribution in [0, 0.1) is 0 Å². The lowest BCUT2D eigenvalue weighted by molar-refractivity contribution is -0.101. The third-order valence-corrected chi connectivity index (χ3v) is 3.22. The fraction of sp³-hybridized carbons (Fsp3) is 0.714. The van der Waals surface area contributed by atoms with Crippen LogP contribution in [0.2, 0.25) is 0 Å². The molecular weight excluding hydrogens is 272 g/mol. The van der Waals surface area contributed by atoms with Crippen LogP contribution >= 0.6 is 0 Å². The van der Waals surface area contributed by atoms with Gasteiger partial charge in [0.05, 0.1) is 18.3 Å². The van der Waals surface area contributed by atoms with Gasteiger partial charge in [-0.1, -0.05) is 0 Å². The molecule has 1 aliphatic rings. The summed E-state index contributed by atoms with van der Waals surface area (Å²) in [6, 6.07) is 1.74. The van der Waals surface area contributed by atoms with E-state index in [4.69, 9.17) is 15.2 Å². The molecule has 21 heavy (non-hydrogen) atoms. The summed E-state index contributed by atoms with van der Waals surface area (Å²) in [5.41, 5.74) is 5.50. The molecule has 0 aromatic carbocycles. The average molecular weight is 296 g/mol. The molecule has 1 aromatic rings. The van der Waals surface area contributed by atoms with Crippen molar-refractivity contribution in [2.45, 2.75) is 39.1 Å². The minimum atomic E-state index is -0.356. The molecule has 1 fully saturated rings. The molecule has 3 N–H and O–H groups in total. The smallest absolute Gasteiger partial charge is 0.158 e. The molecule has 0 saturated carbocycles. The van der Waals surface area contributed by atoms with Crippen LogP contribution in [0.1, 0.15) is 26.6 Å². The lowest BCUT2D eigenvalue weighted by Gasteiger charge is -2.42. The molecule has 1 atom stereocenters. The number of nitrogens with two attached hydrogens (primary N) is 1. The van der Waals surface area contributed by atoms with Gasteiger partial charge < -0.3 is 25.2 Å². The first-order valence-electron chi connectivity index (χ1n) is 7.18. The maximum atomic E-state index is 9.38. The van der Waals surface area contributed by atoms with Crippen LogP contribution in [0.5, 0.6) is 0 Å². The Morgan fingerprint density at radius 3 is 2.95 bits per heavy atom. The van der Waals surface area contributed by atoms with Crippen molar-refractivity contribution in [2.75, 3.05) is 36.9 Å². The third kappa shape index (κ3) is 4.26. The van der Waals surface area contributed by atoms with Gasteiger partial charge in [-0.2, -0.15) is 0 Å². The molecular formula is C14H24N4O3. The number of hydrogen-bond donors (Lipinski definition) is 2. The number of rotatable bonds is 5. The highest BCUT2D eigenvalue weighted by atomic mass is 16.5. The van der Waals surface area contributed by atoms with Crippen LogP contribution in [-0.4, -0.2) is 53.1 Å². The normalized spacial score (nSPS) is 21.5. The molecule has 7 heteroatoms. The van der Waals surface area contributed by atoms with Gasteiger partial charge in [0.15, 0.2) is 5.82 Å². The number of aliphatic hydroxyl groups excluding tert-OH is 1. The summed E-state index contributed by atoms with van der Waals surface area (Å²) in [7, 11) is 0. The SMILES string of the molecule is CCOCc1nc(N)cc(N2CC(CO)OC(C)(C)C2)n1. The van der Waals surface area contributed by atoms with Crippen molar-refractivity contribution in [2.24, 2.45) is 0 Å².